The Balaban J connectivity index is 2.22. The molecule has 1 amide bonds. The van der Waals surface area contributed by atoms with Crippen LogP contribution in [0.3, 0.4) is 0 Å². The normalized spacial score (nSPS) is 22.5. The number of halogens is 1. The molecular weight excluding hydrogens is 245 g/mol. The summed E-state index contributed by atoms with van der Waals surface area (Å²) in [4.78, 5) is 17.9. The molecule has 0 spiro atoms. The smallest absolute Gasteiger partial charge is 0.257 e. The highest BCUT2D eigenvalue weighted by atomic mass is 19.1. The summed E-state index contributed by atoms with van der Waals surface area (Å²) in [6.45, 7) is 3.07. The maximum Gasteiger partial charge on any atom is 0.257 e. The fourth-order valence-electron chi connectivity index (χ4n) is 2.93. The molecule has 1 fully saturated rings. The summed E-state index contributed by atoms with van der Waals surface area (Å²) in [7, 11) is 0. The lowest BCUT2D eigenvalue weighted by Gasteiger charge is -2.32. The molecule has 4 nitrogen and oxygen atoms in total. The lowest BCUT2D eigenvalue weighted by atomic mass is 10.0. The summed E-state index contributed by atoms with van der Waals surface area (Å²) < 4.78 is 13.7. The third-order valence-electron chi connectivity index (χ3n) is 3.93. The molecule has 0 bridgehead atoms. The number of rotatable bonds is 4. The number of hydrogen-bond acceptors (Lipinski definition) is 3. The molecule has 19 heavy (non-hydrogen) atoms. The second-order valence-corrected chi connectivity index (χ2v) is 4.94. The van der Waals surface area contributed by atoms with E-state index in [1.165, 1.54) is 12.3 Å². The summed E-state index contributed by atoms with van der Waals surface area (Å²) in [5, 5.41) is 0. The van der Waals surface area contributed by atoms with Crippen LogP contribution in [0.4, 0.5) is 4.39 Å². The van der Waals surface area contributed by atoms with E-state index in [0.717, 1.165) is 25.5 Å². The highest BCUT2D eigenvalue weighted by Crippen LogP contribution is 2.30. The van der Waals surface area contributed by atoms with Crippen molar-refractivity contribution in [2.75, 3.05) is 13.1 Å². The fraction of sp³-hybridized carbons (Fsp3) is 0.571. The van der Waals surface area contributed by atoms with Gasteiger partial charge in [-0.15, -0.1) is 0 Å². The average Bonchev–Trinajstić information content (AvgIpc) is 2.88. The molecule has 2 N–H and O–H groups in total. The predicted molar refractivity (Wildman–Crippen MR) is 71.1 cm³/mol. The highest BCUT2D eigenvalue weighted by molar-refractivity contribution is 5.94. The van der Waals surface area contributed by atoms with E-state index in [1.54, 1.807) is 4.90 Å². The maximum absolute atomic E-state index is 13.7. The standard InChI is InChI=1S/C14H20FN3O/c1-2-18(13-5-3-4-10(13)8-16)14(19)11-6-7-17-9-12(11)15/h6-7,9-10,13H,2-5,8,16H2,1H3. The van der Waals surface area contributed by atoms with E-state index in [2.05, 4.69) is 4.98 Å². The quantitative estimate of drug-likeness (QED) is 0.903. The third-order valence-corrected chi connectivity index (χ3v) is 3.93. The molecule has 1 aromatic rings. The van der Waals surface area contributed by atoms with E-state index in [4.69, 9.17) is 5.73 Å². The van der Waals surface area contributed by atoms with Gasteiger partial charge in [0.2, 0.25) is 0 Å². The van der Waals surface area contributed by atoms with Gasteiger partial charge < -0.3 is 10.6 Å². The van der Waals surface area contributed by atoms with Gasteiger partial charge in [0, 0.05) is 18.8 Å². The second-order valence-electron chi connectivity index (χ2n) is 4.94. The van der Waals surface area contributed by atoms with E-state index in [1.807, 2.05) is 6.92 Å². The minimum Gasteiger partial charge on any atom is -0.336 e. The second kappa shape index (κ2) is 6.10. The van der Waals surface area contributed by atoms with Gasteiger partial charge in [0.1, 0.15) is 0 Å². The van der Waals surface area contributed by atoms with Gasteiger partial charge in [-0.3, -0.25) is 9.78 Å². The lowest BCUT2D eigenvalue weighted by Crippen LogP contribution is -2.44. The van der Waals surface area contributed by atoms with Gasteiger partial charge in [0.25, 0.3) is 5.91 Å². The molecular formula is C14H20FN3O. The predicted octanol–water partition coefficient (Wildman–Crippen LogP) is 1.81. The monoisotopic (exact) mass is 265 g/mol. The van der Waals surface area contributed by atoms with E-state index in [-0.39, 0.29) is 17.5 Å². The molecule has 2 unspecified atom stereocenters. The summed E-state index contributed by atoms with van der Waals surface area (Å²) in [5.74, 6) is -0.491. The van der Waals surface area contributed by atoms with E-state index >= 15 is 0 Å². The van der Waals surface area contributed by atoms with Crippen LogP contribution < -0.4 is 5.73 Å². The molecule has 104 valence electrons. The van der Waals surface area contributed by atoms with Gasteiger partial charge in [0.15, 0.2) is 5.82 Å². The van der Waals surface area contributed by atoms with Gasteiger partial charge in [0.05, 0.1) is 11.8 Å². The first-order valence-corrected chi connectivity index (χ1v) is 6.79. The molecule has 1 saturated carbocycles. The molecule has 1 aliphatic carbocycles. The average molecular weight is 265 g/mol. The molecule has 1 heterocycles. The number of pyridine rings is 1. The fourth-order valence-corrected chi connectivity index (χ4v) is 2.93. The largest absolute Gasteiger partial charge is 0.336 e. The number of carbonyl (C=O) groups excluding carboxylic acids is 1. The SMILES string of the molecule is CCN(C(=O)c1ccncc1F)C1CCCC1CN. The van der Waals surface area contributed by atoms with Gasteiger partial charge >= 0.3 is 0 Å². The maximum atomic E-state index is 13.7. The van der Waals surface area contributed by atoms with Crippen molar-refractivity contribution in [1.82, 2.24) is 9.88 Å². The number of amides is 1. The van der Waals surface area contributed by atoms with Crippen LogP contribution in [0.25, 0.3) is 0 Å². The van der Waals surface area contributed by atoms with Crippen LogP contribution in [-0.2, 0) is 0 Å². The van der Waals surface area contributed by atoms with Gasteiger partial charge in [-0.25, -0.2) is 4.39 Å². The number of nitrogens with zero attached hydrogens (tertiary/aromatic N) is 2. The lowest BCUT2D eigenvalue weighted by molar-refractivity contribution is 0.0647. The van der Waals surface area contributed by atoms with E-state index in [9.17, 15) is 9.18 Å². The van der Waals surface area contributed by atoms with Crippen LogP contribution in [0.1, 0.15) is 36.5 Å². The van der Waals surface area contributed by atoms with E-state index < -0.39 is 5.82 Å². The number of aromatic nitrogens is 1. The van der Waals surface area contributed by atoms with Crippen LogP contribution in [0.5, 0.6) is 0 Å². The molecule has 2 atom stereocenters. The Morgan fingerprint density at radius 3 is 3.00 bits per heavy atom. The van der Waals surface area contributed by atoms with Crippen LogP contribution in [-0.4, -0.2) is 34.9 Å². The summed E-state index contributed by atoms with van der Waals surface area (Å²) >= 11 is 0. The Morgan fingerprint density at radius 1 is 1.58 bits per heavy atom. The number of hydrogen-bond donors (Lipinski definition) is 1. The molecule has 2 rings (SSSR count). The van der Waals surface area contributed by atoms with E-state index in [0.29, 0.717) is 19.0 Å². The highest BCUT2D eigenvalue weighted by Gasteiger charge is 2.34. The van der Waals surface area contributed by atoms with Crippen LogP contribution in [0.15, 0.2) is 18.5 Å². The van der Waals surface area contributed by atoms with Crippen molar-refractivity contribution in [3.8, 4) is 0 Å². The topological polar surface area (TPSA) is 59.2 Å². The first kappa shape index (κ1) is 13.9. The minimum atomic E-state index is -0.562. The summed E-state index contributed by atoms with van der Waals surface area (Å²) in [6.07, 6.45) is 5.60. The van der Waals surface area contributed by atoms with Crippen LogP contribution >= 0.6 is 0 Å². The van der Waals surface area contributed by atoms with Crippen molar-refractivity contribution in [2.24, 2.45) is 11.7 Å². The zero-order chi connectivity index (χ0) is 13.8. The molecule has 5 heteroatoms. The molecule has 0 aromatic carbocycles. The Morgan fingerprint density at radius 2 is 2.37 bits per heavy atom. The number of carbonyl (C=O) groups is 1. The van der Waals surface area contributed by atoms with Crippen LogP contribution in [0, 0.1) is 11.7 Å². The zero-order valence-electron chi connectivity index (χ0n) is 11.2. The molecule has 0 aliphatic heterocycles. The van der Waals surface area contributed by atoms with Crippen molar-refractivity contribution in [3.05, 3.63) is 29.8 Å². The minimum absolute atomic E-state index is 0.0968. The van der Waals surface area contributed by atoms with Gasteiger partial charge in [-0.2, -0.15) is 0 Å². The van der Waals surface area contributed by atoms with Crippen molar-refractivity contribution < 1.29 is 9.18 Å². The Kier molecular flexibility index (Phi) is 4.47. The summed E-state index contributed by atoms with van der Waals surface area (Å²) in [5.41, 5.74) is 5.86. The molecule has 1 aromatic heterocycles. The van der Waals surface area contributed by atoms with Gasteiger partial charge in [-0.1, -0.05) is 6.42 Å². The third kappa shape index (κ3) is 2.76. The Labute approximate surface area is 112 Å². The van der Waals surface area contributed by atoms with Crippen LogP contribution in [0.2, 0.25) is 0 Å². The van der Waals surface area contributed by atoms with Crippen molar-refractivity contribution >= 4 is 5.91 Å². The number of nitrogens with two attached hydrogens (primary N) is 1. The zero-order valence-corrected chi connectivity index (χ0v) is 11.2. The van der Waals surface area contributed by atoms with Crippen molar-refractivity contribution in [1.29, 1.82) is 0 Å². The first-order valence-electron chi connectivity index (χ1n) is 6.79. The molecule has 1 aliphatic rings. The van der Waals surface area contributed by atoms with Crippen molar-refractivity contribution in [2.45, 2.75) is 32.2 Å². The Bertz CT molecular complexity index is 452. The molecule has 0 saturated heterocycles. The Hall–Kier alpha value is -1.49. The van der Waals surface area contributed by atoms with Crippen molar-refractivity contribution in [3.63, 3.8) is 0 Å². The summed E-state index contributed by atoms with van der Waals surface area (Å²) in [6, 6.07) is 1.57. The van der Waals surface area contributed by atoms with Gasteiger partial charge in [-0.05, 0) is 38.3 Å². The first-order chi connectivity index (χ1) is 9.19. The molecule has 0 radical (unpaired) electrons.